The lowest BCUT2D eigenvalue weighted by atomic mass is 10.3. The fourth-order valence-corrected chi connectivity index (χ4v) is 5.78. The summed E-state index contributed by atoms with van der Waals surface area (Å²) in [6.45, 7) is 0.0779. The maximum Gasteiger partial charge on any atom is 0.264 e. The Morgan fingerprint density at radius 1 is 1.03 bits per heavy atom. The average molecular weight is 445 g/mol. The highest BCUT2D eigenvalue weighted by Gasteiger charge is 2.28. The normalized spacial score (nSPS) is 11.5. The number of hydrogen-bond acceptors (Lipinski definition) is 5. The third-order valence-corrected chi connectivity index (χ3v) is 7.37. The van der Waals surface area contributed by atoms with Crippen molar-refractivity contribution in [1.82, 2.24) is 4.98 Å². The average Bonchev–Trinajstić information content (AvgIpc) is 3.14. The van der Waals surface area contributed by atoms with Crippen LogP contribution >= 0.6 is 22.9 Å². The Hall–Kier alpha value is -2.61. The molecule has 3 aromatic carbocycles. The molecule has 0 saturated heterocycles. The Labute approximate surface area is 178 Å². The van der Waals surface area contributed by atoms with Gasteiger partial charge in [0, 0.05) is 5.02 Å². The second-order valence-electron chi connectivity index (χ2n) is 6.22. The predicted molar refractivity (Wildman–Crippen MR) is 117 cm³/mol. The monoisotopic (exact) mass is 444 g/mol. The van der Waals surface area contributed by atoms with Crippen molar-refractivity contribution in [2.75, 3.05) is 11.4 Å². The highest BCUT2D eigenvalue weighted by Crippen LogP contribution is 2.35. The van der Waals surface area contributed by atoms with Gasteiger partial charge in [-0.15, -0.1) is 11.3 Å². The minimum Gasteiger partial charge on any atom is -0.495 e. The molecule has 8 heteroatoms. The lowest BCUT2D eigenvalue weighted by molar-refractivity contribution is 0.415. The fraction of sp³-hybridized carbons (Fsp3) is 0.0952. The number of fused-ring (bicyclic) bond motifs is 1. The maximum atomic E-state index is 13.6. The van der Waals surface area contributed by atoms with Crippen LogP contribution in [0.1, 0.15) is 5.01 Å². The van der Waals surface area contributed by atoms with E-state index in [9.17, 15) is 8.42 Å². The highest BCUT2D eigenvalue weighted by atomic mass is 35.5. The zero-order valence-electron chi connectivity index (χ0n) is 15.4. The van der Waals surface area contributed by atoms with Crippen molar-refractivity contribution in [2.24, 2.45) is 0 Å². The van der Waals surface area contributed by atoms with Gasteiger partial charge in [0.1, 0.15) is 10.8 Å². The molecule has 5 nitrogen and oxygen atoms in total. The number of para-hydroxylation sites is 3. The lowest BCUT2D eigenvalue weighted by Gasteiger charge is -2.25. The van der Waals surface area contributed by atoms with E-state index in [1.807, 2.05) is 24.3 Å². The summed E-state index contributed by atoms with van der Waals surface area (Å²) in [5.74, 6) is 0.458. The van der Waals surface area contributed by atoms with E-state index in [1.54, 1.807) is 36.4 Å². The molecule has 0 aliphatic rings. The first-order valence-electron chi connectivity index (χ1n) is 8.75. The Balaban J connectivity index is 1.85. The first-order valence-corrected chi connectivity index (χ1v) is 11.4. The number of sulfonamides is 1. The number of ether oxygens (including phenoxy) is 1. The van der Waals surface area contributed by atoms with Gasteiger partial charge in [-0.2, -0.15) is 0 Å². The molecule has 29 heavy (non-hydrogen) atoms. The number of aromatic nitrogens is 1. The lowest BCUT2D eigenvalue weighted by Crippen LogP contribution is -2.31. The predicted octanol–water partition coefficient (Wildman–Crippen LogP) is 5.35. The first-order chi connectivity index (χ1) is 14.0. The van der Waals surface area contributed by atoms with Gasteiger partial charge in [-0.3, -0.25) is 4.31 Å². The third kappa shape index (κ3) is 3.94. The quantitative estimate of drug-likeness (QED) is 0.402. The molecule has 0 aliphatic heterocycles. The van der Waals surface area contributed by atoms with Crippen LogP contribution in [0.3, 0.4) is 0 Å². The molecule has 4 aromatic rings. The zero-order valence-corrected chi connectivity index (χ0v) is 17.8. The Morgan fingerprint density at radius 2 is 1.79 bits per heavy atom. The van der Waals surface area contributed by atoms with Crippen LogP contribution in [0.4, 0.5) is 5.69 Å². The topological polar surface area (TPSA) is 59.5 Å². The summed E-state index contributed by atoms with van der Waals surface area (Å²) in [5.41, 5.74) is 1.28. The van der Waals surface area contributed by atoms with Crippen LogP contribution in [0.2, 0.25) is 5.02 Å². The third-order valence-electron chi connectivity index (χ3n) is 4.35. The number of anilines is 1. The Bertz CT molecular complexity index is 1240. The first kappa shape index (κ1) is 19.7. The summed E-state index contributed by atoms with van der Waals surface area (Å²) < 4.78 is 34.9. The van der Waals surface area contributed by atoms with Gasteiger partial charge in [-0.05, 0) is 42.5 Å². The van der Waals surface area contributed by atoms with E-state index in [0.29, 0.717) is 21.5 Å². The molecule has 148 valence electrons. The smallest absolute Gasteiger partial charge is 0.264 e. The number of nitrogens with zero attached hydrogens (tertiary/aromatic N) is 2. The van der Waals surface area contributed by atoms with Crippen LogP contribution in [0.15, 0.2) is 77.7 Å². The second kappa shape index (κ2) is 8.02. The van der Waals surface area contributed by atoms with E-state index in [1.165, 1.54) is 34.9 Å². The van der Waals surface area contributed by atoms with Gasteiger partial charge in [-0.25, -0.2) is 13.4 Å². The number of benzene rings is 3. The van der Waals surface area contributed by atoms with Gasteiger partial charge >= 0.3 is 0 Å². The molecule has 0 bridgehead atoms. The number of rotatable bonds is 6. The van der Waals surface area contributed by atoms with E-state index in [0.717, 1.165) is 10.2 Å². The summed E-state index contributed by atoms with van der Waals surface area (Å²) in [5, 5.41) is 1.04. The van der Waals surface area contributed by atoms with E-state index in [2.05, 4.69) is 4.98 Å². The molecule has 0 aliphatic carbocycles. The number of thiazole rings is 1. The molecule has 0 spiro atoms. The van der Waals surface area contributed by atoms with Gasteiger partial charge in [0.2, 0.25) is 0 Å². The summed E-state index contributed by atoms with van der Waals surface area (Å²) in [4.78, 5) is 4.71. The molecule has 0 saturated carbocycles. The SMILES string of the molecule is COc1ccccc1N(Cc1nc2ccccc2s1)S(=O)(=O)c1cccc(Cl)c1. The van der Waals surface area contributed by atoms with Crippen molar-refractivity contribution in [3.05, 3.63) is 82.8 Å². The number of hydrogen-bond donors (Lipinski definition) is 0. The molecule has 0 amide bonds. The standard InChI is InChI=1S/C21H17ClN2O3S2/c1-27-19-11-4-3-10-18(19)24(29(25,26)16-8-6-7-15(22)13-16)14-21-23-17-9-2-5-12-20(17)28-21/h2-13H,14H2,1H3. The molecule has 0 N–H and O–H groups in total. The van der Waals surface area contributed by atoms with Crippen molar-refractivity contribution < 1.29 is 13.2 Å². The second-order valence-corrected chi connectivity index (χ2v) is 9.63. The van der Waals surface area contributed by atoms with Crippen LogP contribution in [-0.2, 0) is 16.6 Å². The van der Waals surface area contributed by atoms with Gasteiger partial charge in [0.25, 0.3) is 10.0 Å². The van der Waals surface area contributed by atoms with Crippen LogP contribution in [0.25, 0.3) is 10.2 Å². The maximum absolute atomic E-state index is 13.6. The van der Waals surface area contributed by atoms with Crippen molar-refractivity contribution in [3.63, 3.8) is 0 Å². The summed E-state index contributed by atoms with van der Waals surface area (Å²) >= 11 is 7.52. The van der Waals surface area contributed by atoms with Gasteiger partial charge in [-0.1, -0.05) is 41.9 Å². The molecule has 1 heterocycles. The van der Waals surface area contributed by atoms with Crippen LogP contribution < -0.4 is 9.04 Å². The van der Waals surface area contributed by atoms with Crippen LogP contribution in [-0.4, -0.2) is 20.5 Å². The van der Waals surface area contributed by atoms with Crippen LogP contribution in [0, 0.1) is 0 Å². The fourth-order valence-electron chi connectivity index (χ4n) is 3.00. The van der Waals surface area contributed by atoms with Crippen molar-refractivity contribution in [3.8, 4) is 5.75 Å². The molecule has 0 radical (unpaired) electrons. The molecule has 0 fully saturated rings. The molecule has 1 aromatic heterocycles. The highest BCUT2D eigenvalue weighted by molar-refractivity contribution is 7.92. The molecular weight excluding hydrogens is 428 g/mol. The number of methoxy groups -OCH3 is 1. The zero-order chi connectivity index (χ0) is 20.4. The minimum atomic E-state index is -3.91. The summed E-state index contributed by atoms with van der Waals surface area (Å²) in [6.07, 6.45) is 0. The number of halogens is 1. The van der Waals surface area contributed by atoms with Gasteiger partial charge in [0.05, 0.1) is 34.5 Å². The summed E-state index contributed by atoms with van der Waals surface area (Å²) in [6, 6.07) is 21.0. The minimum absolute atomic E-state index is 0.0779. The van der Waals surface area contributed by atoms with E-state index >= 15 is 0 Å². The van der Waals surface area contributed by atoms with Crippen LogP contribution in [0.5, 0.6) is 5.75 Å². The molecule has 0 unspecified atom stereocenters. The molecule has 4 rings (SSSR count). The van der Waals surface area contributed by atoms with Crippen molar-refractivity contribution >= 4 is 48.9 Å². The van der Waals surface area contributed by atoms with Crippen molar-refractivity contribution in [2.45, 2.75) is 11.4 Å². The largest absolute Gasteiger partial charge is 0.495 e. The Morgan fingerprint density at radius 3 is 2.55 bits per heavy atom. The van der Waals surface area contributed by atoms with E-state index in [-0.39, 0.29) is 11.4 Å². The summed E-state index contributed by atoms with van der Waals surface area (Å²) in [7, 11) is -2.39. The van der Waals surface area contributed by atoms with Gasteiger partial charge in [0.15, 0.2) is 0 Å². The molecule has 0 atom stereocenters. The van der Waals surface area contributed by atoms with E-state index in [4.69, 9.17) is 16.3 Å². The molecular formula is C21H17ClN2O3S2. The van der Waals surface area contributed by atoms with Gasteiger partial charge < -0.3 is 4.74 Å². The van der Waals surface area contributed by atoms with E-state index < -0.39 is 10.0 Å². The van der Waals surface area contributed by atoms with Crippen molar-refractivity contribution in [1.29, 1.82) is 0 Å². The Kier molecular flexibility index (Phi) is 5.45.